The molecule has 0 amide bonds. The maximum Gasteiger partial charge on any atom is 0.293 e. The highest BCUT2D eigenvalue weighted by Gasteiger charge is 2.06. The van der Waals surface area contributed by atoms with E-state index in [0.29, 0.717) is 18.7 Å². The molecule has 0 bridgehead atoms. The van der Waals surface area contributed by atoms with Gasteiger partial charge in [-0.3, -0.25) is 4.79 Å². The van der Waals surface area contributed by atoms with Gasteiger partial charge < -0.3 is 9.15 Å². The Morgan fingerprint density at radius 3 is 2.89 bits per heavy atom. The fourth-order valence-electron chi connectivity index (χ4n) is 2.15. The van der Waals surface area contributed by atoms with Crippen molar-refractivity contribution in [3.8, 4) is 0 Å². The van der Waals surface area contributed by atoms with E-state index in [1.807, 2.05) is 0 Å². The van der Waals surface area contributed by atoms with Crippen LogP contribution >= 0.6 is 0 Å². The summed E-state index contributed by atoms with van der Waals surface area (Å²) in [5.41, 5.74) is 1.73. The number of ether oxygens (including phenoxy) is 1. The summed E-state index contributed by atoms with van der Waals surface area (Å²) >= 11 is 0. The molecule has 0 saturated carbocycles. The summed E-state index contributed by atoms with van der Waals surface area (Å²) in [5, 5.41) is 0.991. The average molecular weight is 264 g/mol. The van der Waals surface area contributed by atoms with Crippen molar-refractivity contribution in [2.45, 2.75) is 32.1 Å². The van der Waals surface area contributed by atoms with Crippen molar-refractivity contribution >= 4 is 17.4 Å². The van der Waals surface area contributed by atoms with Crippen molar-refractivity contribution in [1.29, 1.82) is 0 Å². The van der Waals surface area contributed by atoms with Gasteiger partial charge in [-0.15, -0.1) is 0 Å². The maximum absolute atomic E-state index is 13.0. The Balaban J connectivity index is 1.77. The van der Waals surface area contributed by atoms with E-state index in [9.17, 15) is 9.18 Å². The number of rotatable bonds is 8. The average Bonchev–Trinajstić information content (AvgIpc) is 2.80. The van der Waals surface area contributed by atoms with Gasteiger partial charge in [0.15, 0.2) is 0 Å². The number of hydrogen-bond acceptors (Lipinski definition) is 3. The maximum atomic E-state index is 13.0. The summed E-state index contributed by atoms with van der Waals surface area (Å²) in [6.07, 6.45) is 6.70. The van der Waals surface area contributed by atoms with Crippen LogP contribution in [0.2, 0.25) is 0 Å². The second-order valence-electron chi connectivity index (χ2n) is 4.53. The minimum absolute atomic E-state index is 0.274. The minimum Gasteiger partial charge on any atom is -0.468 e. The zero-order chi connectivity index (χ0) is 13.5. The normalized spacial score (nSPS) is 10.8. The number of unbranched alkanes of at least 4 members (excludes halogenated alkanes) is 3. The minimum atomic E-state index is -0.274. The summed E-state index contributed by atoms with van der Waals surface area (Å²) in [4.78, 5) is 9.94. The molecule has 19 heavy (non-hydrogen) atoms. The molecule has 0 aliphatic rings. The Morgan fingerprint density at radius 2 is 2.05 bits per heavy atom. The smallest absolute Gasteiger partial charge is 0.293 e. The Kier molecular flexibility index (Phi) is 4.95. The quantitative estimate of drug-likeness (QED) is 0.537. The van der Waals surface area contributed by atoms with Gasteiger partial charge in [0.1, 0.15) is 11.4 Å². The van der Waals surface area contributed by atoms with Crippen LogP contribution in [-0.2, 0) is 16.0 Å². The number of aryl methyl sites for hydroxylation is 1. The van der Waals surface area contributed by atoms with Gasteiger partial charge in [-0.05, 0) is 37.0 Å². The third-order valence-electron chi connectivity index (χ3n) is 3.14. The summed E-state index contributed by atoms with van der Waals surface area (Å²) in [6, 6.07) is 4.63. The molecule has 0 aliphatic carbocycles. The Hall–Kier alpha value is -1.84. The van der Waals surface area contributed by atoms with E-state index < -0.39 is 0 Å². The first-order valence-corrected chi connectivity index (χ1v) is 6.52. The topological polar surface area (TPSA) is 39.4 Å². The molecule has 4 heteroatoms. The molecule has 0 fully saturated rings. The van der Waals surface area contributed by atoms with E-state index in [1.165, 1.54) is 12.1 Å². The molecule has 2 rings (SSSR count). The predicted molar refractivity (Wildman–Crippen MR) is 70.4 cm³/mol. The summed E-state index contributed by atoms with van der Waals surface area (Å²) < 4.78 is 23.0. The lowest BCUT2D eigenvalue weighted by Gasteiger charge is -2.00. The molecule has 0 spiro atoms. The van der Waals surface area contributed by atoms with E-state index in [4.69, 9.17) is 4.42 Å². The van der Waals surface area contributed by atoms with E-state index in [-0.39, 0.29) is 5.82 Å². The van der Waals surface area contributed by atoms with Gasteiger partial charge in [0.2, 0.25) is 0 Å². The highest BCUT2D eigenvalue weighted by Crippen LogP contribution is 2.23. The lowest BCUT2D eigenvalue weighted by Crippen LogP contribution is -1.92. The highest BCUT2D eigenvalue weighted by molar-refractivity contribution is 5.80. The monoisotopic (exact) mass is 264 g/mol. The lowest BCUT2D eigenvalue weighted by molar-refractivity contribution is -0.128. The van der Waals surface area contributed by atoms with Crippen molar-refractivity contribution in [3.05, 3.63) is 35.8 Å². The molecule has 0 aliphatic heterocycles. The molecular formula is C15H17FO3. The predicted octanol–water partition coefficient (Wildman–Crippen LogP) is 3.85. The number of furan rings is 1. The van der Waals surface area contributed by atoms with Crippen LogP contribution in [-0.4, -0.2) is 13.1 Å². The molecule has 1 heterocycles. The van der Waals surface area contributed by atoms with Gasteiger partial charge in [0.25, 0.3) is 6.47 Å². The SMILES string of the molecule is O=COCCCCCCc1coc2cc(F)ccc12. The van der Waals surface area contributed by atoms with Crippen LogP contribution in [0.25, 0.3) is 11.0 Å². The molecule has 0 atom stereocenters. The number of carbonyl (C=O) groups is 1. The molecule has 1 aromatic heterocycles. The second kappa shape index (κ2) is 6.92. The van der Waals surface area contributed by atoms with Gasteiger partial charge >= 0.3 is 0 Å². The van der Waals surface area contributed by atoms with Crippen LogP contribution in [0.4, 0.5) is 4.39 Å². The third kappa shape index (κ3) is 3.81. The zero-order valence-corrected chi connectivity index (χ0v) is 10.7. The molecule has 0 unspecified atom stereocenters. The van der Waals surface area contributed by atoms with E-state index in [1.54, 1.807) is 12.3 Å². The first-order chi connectivity index (χ1) is 9.31. The Morgan fingerprint density at radius 1 is 1.21 bits per heavy atom. The molecule has 1 aromatic carbocycles. The molecule has 0 N–H and O–H groups in total. The van der Waals surface area contributed by atoms with Crippen LogP contribution in [0.3, 0.4) is 0 Å². The first kappa shape index (κ1) is 13.6. The van der Waals surface area contributed by atoms with Crippen molar-refractivity contribution in [2.75, 3.05) is 6.61 Å². The van der Waals surface area contributed by atoms with Crippen molar-refractivity contribution < 1.29 is 18.3 Å². The van der Waals surface area contributed by atoms with Crippen LogP contribution in [0.15, 0.2) is 28.9 Å². The zero-order valence-electron chi connectivity index (χ0n) is 10.7. The molecule has 0 saturated heterocycles. The van der Waals surface area contributed by atoms with Gasteiger partial charge in [-0.1, -0.05) is 12.8 Å². The van der Waals surface area contributed by atoms with Gasteiger partial charge in [-0.25, -0.2) is 4.39 Å². The summed E-state index contributed by atoms with van der Waals surface area (Å²) in [5.74, 6) is -0.274. The number of carbonyl (C=O) groups excluding carboxylic acids is 1. The van der Waals surface area contributed by atoms with E-state index >= 15 is 0 Å². The Bertz CT molecular complexity index is 533. The summed E-state index contributed by atoms with van der Waals surface area (Å²) in [7, 11) is 0. The largest absolute Gasteiger partial charge is 0.468 e. The number of benzene rings is 1. The third-order valence-corrected chi connectivity index (χ3v) is 3.14. The van der Waals surface area contributed by atoms with E-state index in [2.05, 4.69) is 4.74 Å². The van der Waals surface area contributed by atoms with Gasteiger partial charge in [0.05, 0.1) is 12.9 Å². The highest BCUT2D eigenvalue weighted by atomic mass is 19.1. The van der Waals surface area contributed by atoms with Crippen molar-refractivity contribution in [3.63, 3.8) is 0 Å². The second-order valence-corrected chi connectivity index (χ2v) is 4.53. The molecule has 0 radical (unpaired) electrons. The first-order valence-electron chi connectivity index (χ1n) is 6.52. The van der Waals surface area contributed by atoms with E-state index in [0.717, 1.165) is 43.1 Å². The van der Waals surface area contributed by atoms with Gasteiger partial charge in [0, 0.05) is 11.5 Å². The van der Waals surface area contributed by atoms with Crippen LogP contribution in [0.5, 0.6) is 0 Å². The number of halogens is 1. The van der Waals surface area contributed by atoms with Crippen LogP contribution in [0, 0.1) is 5.82 Å². The molecule has 2 aromatic rings. The van der Waals surface area contributed by atoms with Crippen LogP contribution < -0.4 is 0 Å². The summed E-state index contributed by atoms with van der Waals surface area (Å²) in [6.45, 7) is 0.980. The fourth-order valence-corrected chi connectivity index (χ4v) is 2.15. The fraction of sp³-hybridized carbons (Fsp3) is 0.400. The lowest BCUT2D eigenvalue weighted by atomic mass is 10.1. The molecule has 3 nitrogen and oxygen atoms in total. The van der Waals surface area contributed by atoms with Crippen molar-refractivity contribution in [1.82, 2.24) is 0 Å². The standard InChI is InChI=1S/C15H17FO3/c16-13-6-7-14-12(10-19-15(14)9-13)5-3-1-2-4-8-18-11-17/h6-7,9-11H,1-5,8H2. The Labute approximate surface area is 111 Å². The number of fused-ring (bicyclic) bond motifs is 1. The van der Waals surface area contributed by atoms with Crippen LogP contribution in [0.1, 0.15) is 31.2 Å². The molecular weight excluding hydrogens is 247 g/mol. The number of hydrogen-bond donors (Lipinski definition) is 0. The van der Waals surface area contributed by atoms with Gasteiger partial charge in [-0.2, -0.15) is 0 Å². The van der Waals surface area contributed by atoms with Crippen molar-refractivity contribution in [2.24, 2.45) is 0 Å². The molecule has 102 valence electrons.